The van der Waals surface area contributed by atoms with Crippen molar-refractivity contribution in [2.45, 2.75) is 58.8 Å². The summed E-state index contributed by atoms with van der Waals surface area (Å²) in [6, 6.07) is 9.00. The topological polar surface area (TPSA) is 89.8 Å². The lowest BCUT2D eigenvalue weighted by Gasteiger charge is -2.22. The van der Waals surface area contributed by atoms with Crippen molar-refractivity contribution in [3.63, 3.8) is 0 Å². The molecule has 0 spiro atoms. The van der Waals surface area contributed by atoms with E-state index in [9.17, 15) is 4.79 Å². The molecule has 2 aromatic rings. The molecule has 0 saturated carbocycles. The maximum Gasteiger partial charge on any atom is 0.338 e. The number of esters is 1. The predicted molar refractivity (Wildman–Crippen MR) is 128 cm³/mol. The molecule has 2 aliphatic heterocycles. The first-order valence-corrected chi connectivity index (χ1v) is 11.5. The summed E-state index contributed by atoms with van der Waals surface area (Å²) in [6.07, 6.45) is 9.03. The van der Waals surface area contributed by atoms with Crippen LogP contribution in [0.15, 0.2) is 59.5 Å². The van der Waals surface area contributed by atoms with Gasteiger partial charge in [-0.15, -0.1) is 0 Å². The van der Waals surface area contributed by atoms with Crippen molar-refractivity contribution in [2.75, 3.05) is 6.61 Å². The molecule has 1 fully saturated rings. The molecule has 0 amide bonds. The Hall–Kier alpha value is -3.39. The van der Waals surface area contributed by atoms with Gasteiger partial charge in [0.2, 0.25) is 5.96 Å². The van der Waals surface area contributed by atoms with Crippen molar-refractivity contribution in [1.82, 2.24) is 20.2 Å². The Morgan fingerprint density at radius 1 is 1.27 bits per heavy atom. The number of nitrogens with zero attached hydrogens (tertiary/aromatic N) is 3. The van der Waals surface area contributed by atoms with Gasteiger partial charge in [0.05, 0.1) is 23.7 Å². The van der Waals surface area contributed by atoms with Crippen LogP contribution in [0.4, 0.5) is 5.82 Å². The average Bonchev–Trinajstić information content (AvgIpc) is 3.45. The Balaban J connectivity index is 1.46. The van der Waals surface area contributed by atoms with Crippen molar-refractivity contribution in [2.24, 2.45) is 4.99 Å². The van der Waals surface area contributed by atoms with Gasteiger partial charge < -0.3 is 20.1 Å². The third kappa shape index (κ3) is 5.34. The number of rotatable bonds is 7. The van der Waals surface area contributed by atoms with Crippen LogP contribution < -0.4 is 10.6 Å². The van der Waals surface area contributed by atoms with E-state index in [1.165, 1.54) is 0 Å². The van der Waals surface area contributed by atoms with Crippen LogP contribution in [0.25, 0.3) is 5.70 Å². The Kier molecular flexibility index (Phi) is 7.24. The van der Waals surface area contributed by atoms with Gasteiger partial charge in [-0.2, -0.15) is 4.99 Å². The van der Waals surface area contributed by atoms with E-state index in [1.807, 2.05) is 29.7 Å². The van der Waals surface area contributed by atoms with Crippen LogP contribution in [-0.2, 0) is 9.47 Å². The number of aliphatic imine (C=N–C) groups is 1. The van der Waals surface area contributed by atoms with Gasteiger partial charge in [0.25, 0.3) is 0 Å². The maximum absolute atomic E-state index is 12.2. The highest BCUT2D eigenvalue weighted by Gasteiger charge is 2.31. The Morgan fingerprint density at radius 2 is 2.09 bits per heavy atom. The summed E-state index contributed by atoms with van der Waals surface area (Å²) >= 11 is 0. The standard InChI is InChI=1S/C25H31N5O3/c1-4-9-17(3)27-25-28-20(10-5-2)22-23(29-25)30(16-26-22)21-14-13-19(33-21)15-32-24(31)18-11-7-6-8-12-18/h6-12,16,19,21H,4-5,13-15H2,1-3H3,(H2,27,28,29)/b17-9-,20-10+. The second-order valence-corrected chi connectivity index (χ2v) is 8.11. The lowest BCUT2D eigenvalue weighted by atomic mass is 10.2. The van der Waals surface area contributed by atoms with Crippen LogP contribution in [0, 0.1) is 0 Å². The number of guanidine groups is 1. The third-order valence-corrected chi connectivity index (χ3v) is 5.53. The van der Waals surface area contributed by atoms with Gasteiger partial charge in [-0.1, -0.05) is 44.2 Å². The molecule has 3 heterocycles. The first-order valence-electron chi connectivity index (χ1n) is 11.5. The number of nitrogens with one attached hydrogen (secondary N) is 2. The van der Waals surface area contributed by atoms with E-state index >= 15 is 0 Å². The highest BCUT2D eigenvalue weighted by molar-refractivity contribution is 5.96. The Labute approximate surface area is 194 Å². The second-order valence-electron chi connectivity index (χ2n) is 8.11. The summed E-state index contributed by atoms with van der Waals surface area (Å²) in [4.78, 5) is 21.6. The van der Waals surface area contributed by atoms with Crippen molar-refractivity contribution in [1.29, 1.82) is 0 Å². The molecular formula is C25H31N5O3. The fourth-order valence-corrected chi connectivity index (χ4v) is 3.98. The monoisotopic (exact) mass is 449 g/mol. The zero-order valence-corrected chi connectivity index (χ0v) is 19.4. The van der Waals surface area contributed by atoms with Gasteiger partial charge in [-0.05, 0) is 44.7 Å². The first kappa shape index (κ1) is 22.8. The fraction of sp³-hybridized carbons (Fsp3) is 0.400. The molecule has 2 N–H and O–H groups in total. The van der Waals surface area contributed by atoms with Gasteiger partial charge in [0.1, 0.15) is 18.5 Å². The first-order chi connectivity index (χ1) is 16.1. The number of carbonyl (C=O) groups is 1. The number of benzene rings is 1. The Morgan fingerprint density at radius 3 is 2.85 bits per heavy atom. The van der Waals surface area contributed by atoms with E-state index in [4.69, 9.17) is 14.5 Å². The van der Waals surface area contributed by atoms with E-state index < -0.39 is 0 Å². The zero-order valence-electron chi connectivity index (χ0n) is 19.4. The molecule has 8 heteroatoms. The van der Waals surface area contributed by atoms with Crippen molar-refractivity contribution >= 4 is 23.4 Å². The second kappa shape index (κ2) is 10.5. The van der Waals surface area contributed by atoms with Crippen LogP contribution in [-0.4, -0.2) is 34.2 Å². The number of aromatic nitrogens is 2. The molecule has 2 atom stereocenters. The maximum atomic E-state index is 12.2. The lowest BCUT2D eigenvalue weighted by molar-refractivity contribution is -0.0316. The van der Waals surface area contributed by atoms with Gasteiger partial charge in [0, 0.05) is 5.70 Å². The van der Waals surface area contributed by atoms with Crippen LogP contribution in [0.2, 0.25) is 0 Å². The average molecular weight is 450 g/mol. The molecule has 2 unspecified atom stereocenters. The summed E-state index contributed by atoms with van der Waals surface area (Å²) in [5.41, 5.74) is 3.31. The minimum absolute atomic E-state index is 0.163. The highest BCUT2D eigenvalue weighted by atomic mass is 16.6. The number of carbonyl (C=O) groups excluding carboxylic acids is 1. The number of ether oxygens (including phenoxy) is 2. The number of imidazole rings is 1. The van der Waals surface area contributed by atoms with Gasteiger partial charge in [-0.3, -0.25) is 4.57 Å². The van der Waals surface area contributed by atoms with Crippen molar-refractivity contribution < 1.29 is 14.3 Å². The minimum Gasteiger partial charge on any atom is -0.459 e. The minimum atomic E-state index is -0.334. The number of hydrogen-bond donors (Lipinski definition) is 2. The normalized spacial score (nSPS) is 21.4. The molecule has 8 nitrogen and oxygen atoms in total. The smallest absolute Gasteiger partial charge is 0.338 e. The van der Waals surface area contributed by atoms with Gasteiger partial charge in [0.15, 0.2) is 5.82 Å². The molecule has 1 aromatic carbocycles. The molecule has 0 aliphatic carbocycles. The summed E-state index contributed by atoms with van der Waals surface area (Å²) in [6.45, 7) is 6.43. The van der Waals surface area contributed by atoms with E-state index in [0.29, 0.717) is 11.5 Å². The Bertz CT molecular complexity index is 1070. The lowest BCUT2D eigenvalue weighted by Crippen LogP contribution is -2.37. The molecule has 33 heavy (non-hydrogen) atoms. The predicted octanol–water partition coefficient (Wildman–Crippen LogP) is 4.66. The van der Waals surface area contributed by atoms with Crippen molar-refractivity contribution in [3.05, 3.63) is 65.8 Å². The summed E-state index contributed by atoms with van der Waals surface area (Å²) in [5, 5.41) is 6.68. The van der Waals surface area contributed by atoms with Crippen LogP contribution in [0.1, 0.15) is 68.7 Å². The summed E-state index contributed by atoms with van der Waals surface area (Å²) in [7, 11) is 0. The molecule has 174 valence electrons. The van der Waals surface area contributed by atoms with E-state index in [0.717, 1.165) is 48.6 Å². The number of fused-ring (bicyclic) bond motifs is 1. The van der Waals surface area contributed by atoms with E-state index in [1.54, 1.807) is 18.5 Å². The van der Waals surface area contributed by atoms with Gasteiger partial charge >= 0.3 is 5.97 Å². The quantitative estimate of drug-likeness (QED) is 0.598. The summed E-state index contributed by atoms with van der Waals surface area (Å²) in [5.74, 6) is 1.09. The molecule has 0 radical (unpaired) electrons. The summed E-state index contributed by atoms with van der Waals surface area (Å²) < 4.78 is 13.7. The van der Waals surface area contributed by atoms with Crippen LogP contribution in [0.5, 0.6) is 0 Å². The van der Waals surface area contributed by atoms with E-state index in [-0.39, 0.29) is 24.9 Å². The van der Waals surface area contributed by atoms with Crippen molar-refractivity contribution in [3.8, 4) is 0 Å². The largest absolute Gasteiger partial charge is 0.459 e. The fourth-order valence-electron chi connectivity index (χ4n) is 3.98. The highest BCUT2D eigenvalue weighted by Crippen LogP contribution is 2.36. The number of hydrogen-bond acceptors (Lipinski definition) is 7. The van der Waals surface area contributed by atoms with E-state index in [2.05, 4.69) is 41.6 Å². The van der Waals surface area contributed by atoms with Crippen LogP contribution in [0.3, 0.4) is 0 Å². The molecule has 0 bridgehead atoms. The molecular weight excluding hydrogens is 418 g/mol. The van der Waals surface area contributed by atoms with Crippen LogP contribution >= 0.6 is 0 Å². The SMILES string of the molecule is CC/C=C(/C)NC1=Nc2c(ncn2C2CCC(COC(=O)c3ccccc3)O2)/C(=C\CC)N1. The number of allylic oxidation sites excluding steroid dienone is 3. The molecule has 1 aromatic heterocycles. The van der Waals surface area contributed by atoms with Gasteiger partial charge in [-0.25, -0.2) is 9.78 Å². The molecule has 1 saturated heterocycles. The zero-order chi connectivity index (χ0) is 23.2. The third-order valence-electron chi connectivity index (χ3n) is 5.53. The molecule has 4 rings (SSSR count). The molecule has 2 aliphatic rings.